The van der Waals surface area contributed by atoms with E-state index in [2.05, 4.69) is 18.7 Å². The normalized spacial score (nSPS) is 12.3. The predicted molar refractivity (Wildman–Crippen MR) is 184 cm³/mol. The van der Waals surface area contributed by atoms with Crippen LogP contribution in [-0.4, -0.2) is 48.8 Å². The molecule has 0 aliphatic heterocycles. The van der Waals surface area contributed by atoms with Crippen LogP contribution in [0.4, 0.5) is 0 Å². The number of hydrogen-bond donors (Lipinski definition) is 0. The Hall–Kier alpha value is -0.610. The fourth-order valence-electron chi connectivity index (χ4n) is 5.60. The highest BCUT2D eigenvalue weighted by atomic mass is 16.5. The van der Waals surface area contributed by atoms with Gasteiger partial charge in [-0.3, -0.25) is 4.79 Å². The van der Waals surface area contributed by atoms with E-state index in [0.717, 1.165) is 25.9 Å². The summed E-state index contributed by atoms with van der Waals surface area (Å²) in [5.74, 6) is 0.251. The molecule has 0 spiro atoms. The third-order valence-corrected chi connectivity index (χ3v) is 8.86. The zero-order valence-electron chi connectivity index (χ0n) is 30.0. The van der Waals surface area contributed by atoms with Crippen molar-refractivity contribution in [3.63, 3.8) is 0 Å². The maximum atomic E-state index is 13.4. The molecular formula is C38H77NO3. The molecule has 4 nitrogen and oxygen atoms in total. The smallest absolute Gasteiger partial charge is 0.225 e. The molecular weight excluding hydrogens is 518 g/mol. The fraction of sp³-hybridized carbons (Fsp3) is 0.974. The molecule has 0 N–H and O–H groups in total. The minimum atomic E-state index is -0.488. The summed E-state index contributed by atoms with van der Waals surface area (Å²) in [6.07, 6.45) is 32.8. The van der Waals surface area contributed by atoms with Crippen LogP contribution >= 0.6 is 0 Å². The lowest BCUT2D eigenvalue weighted by Gasteiger charge is -2.33. The zero-order valence-corrected chi connectivity index (χ0v) is 30.0. The molecule has 0 bridgehead atoms. The van der Waals surface area contributed by atoms with Gasteiger partial charge in [-0.1, -0.05) is 155 Å². The summed E-state index contributed by atoms with van der Waals surface area (Å²) in [6, 6.07) is 0. The topological polar surface area (TPSA) is 38.8 Å². The van der Waals surface area contributed by atoms with Crippen molar-refractivity contribution in [2.45, 2.75) is 213 Å². The summed E-state index contributed by atoms with van der Waals surface area (Å²) in [5, 5.41) is 0. The van der Waals surface area contributed by atoms with Gasteiger partial charge in [-0.25, -0.2) is 0 Å². The Morgan fingerprint density at radius 3 is 1.12 bits per heavy atom. The van der Waals surface area contributed by atoms with E-state index in [1.165, 1.54) is 141 Å². The monoisotopic (exact) mass is 596 g/mol. The van der Waals surface area contributed by atoms with Gasteiger partial charge < -0.3 is 14.4 Å². The summed E-state index contributed by atoms with van der Waals surface area (Å²) in [7, 11) is 1.71. The standard InChI is InChI=1S/C38H77NO3/c1-8-10-12-14-16-18-20-22-24-26-28-30-32-39(36(40)34-37(3,4)42-35-38(5,6)41-7)33-31-29-27-25-23-21-19-17-15-13-11-9-2/h8-35H2,1-7H3. The third kappa shape index (κ3) is 27.0. The molecule has 0 saturated heterocycles. The van der Waals surface area contributed by atoms with Crippen LogP contribution in [0.2, 0.25) is 0 Å². The maximum absolute atomic E-state index is 13.4. The molecule has 0 fully saturated rings. The van der Waals surface area contributed by atoms with Gasteiger partial charge in [0.1, 0.15) is 0 Å². The number of carbonyl (C=O) groups excluding carboxylic acids is 1. The van der Waals surface area contributed by atoms with E-state index in [1.807, 2.05) is 27.7 Å². The van der Waals surface area contributed by atoms with Gasteiger partial charge in [-0.05, 0) is 40.5 Å². The summed E-state index contributed by atoms with van der Waals surface area (Å²) < 4.78 is 11.7. The number of nitrogens with zero attached hydrogens (tertiary/aromatic N) is 1. The number of unbranched alkanes of at least 4 members (excludes halogenated alkanes) is 22. The third-order valence-electron chi connectivity index (χ3n) is 8.86. The molecule has 0 unspecified atom stereocenters. The Balaban J connectivity index is 4.37. The summed E-state index contributed by atoms with van der Waals surface area (Å²) in [6.45, 7) is 15.0. The van der Waals surface area contributed by atoms with E-state index >= 15 is 0 Å². The highest BCUT2D eigenvalue weighted by molar-refractivity contribution is 5.77. The van der Waals surface area contributed by atoms with Gasteiger partial charge in [0.25, 0.3) is 0 Å². The van der Waals surface area contributed by atoms with Crippen molar-refractivity contribution >= 4 is 5.91 Å². The van der Waals surface area contributed by atoms with Crippen molar-refractivity contribution in [1.29, 1.82) is 0 Å². The zero-order chi connectivity index (χ0) is 31.4. The number of rotatable bonds is 32. The van der Waals surface area contributed by atoms with Gasteiger partial charge >= 0.3 is 0 Å². The lowest BCUT2D eigenvalue weighted by Crippen LogP contribution is -2.41. The molecule has 0 saturated carbocycles. The van der Waals surface area contributed by atoms with Crippen LogP contribution in [0.1, 0.15) is 202 Å². The van der Waals surface area contributed by atoms with Gasteiger partial charge in [-0.2, -0.15) is 0 Å². The van der Waals surface area contributed by atoms with Gasteiger partial charge in [0.2, 0.25) is 5.91 Å². The van der Waals surface area contributed by atoms with E-state index in [9.17, 15) is 4.79 Å². The van der Waals surface area contributed by atoms with Crippen LogP contribution in [0.5, 0.6) is 0 Å². The second kappa shape index (κ2) is 27.9. The summed E-state index contributed by atoms with van der Waals surface area (Å²) in [4.78, 5) is 15.6. The Morgan fingerprint density at radius 1 is 0.500 bits per heavy atom. The van der Waals surface area contributed by atoms with Crippen molar-refractivity contribution in [2.75, 3.05) is 26.8 Å². The molecule has 1 amide bonds. The minimum absolute atomic E-state index is 0.251. The Bertz CT molecular complexity index is 561. The first-order valence-electron chi connectivity index (χ1n) is 18.6. The highest BCUT2D eigenvalue weighted by Gasteiger charge is 2.29. The summed E-state index contributed by atoms with van der Waals surface area (Å²) >= 11 is 0. The largest absolute Gasteiger partial charge is 0.376 e. The second-order valence-electron chi connectivity index (χ2n) is 14.3. The molecule has 0 aromatic carbocycles. The van der Waals surface area contributed by atoms with Crippen molar-refractivity contribution in [3.8, 4) is 0 Å². The second-order valence-corrected chi connectivity index (χ2v) is 14.3. The molecule has 0 atom stereocenters. The van der Waals surface area contributed by atoms with Crippen LogP contribution < -0.4 is 0 Å². The van der Waals surface area contributed by atoms with Crippen LogP contribution in [0.15, 0.2) is 0 Å². The number of amides is 1. The SMILES string of the molecule is CCCCCCCCCCCCCCN(CCCCCCCCCCCCCC)C(=O)CC(C)(C)OCC(C)(C)OC. The first-order chi connectivity index (χ1) is 20.2. The average molecular weight is 596 g/mol. The van der Waals surface area contributed by atoms with Crippen LogP contribution in [-0.2, 0) is 14.3 Å². The Morgan fingerprint density at radius 2 is 0.810 bits per heavy atom. The molecule has 0 aliphatic rings. The number of hydrogen-bond acceptors (Lipinski definition) is 3. The van der Waals surface area contributed by atoms with E-state index in [1.54, 1.807) is 7.11 Å². The van der Waals surface area contributed by atoms with Crippen molar-refractivity contribution < 1.29 is 14.3 Å². The van der Waals surface area contributed by atoms with Gasteiger partial charge in [0.05, 0.1) is 24.2 Å². The van der Waals surface area contributed by atoms with Gasteiger partial charge in [0.15, 0.2) is 0 Å². The first kappa shape index (κ1) is 41.4. The molecule has 252 valence electrons. The maximum Gasteiger partial charge on any atom is 0.225 e. The van der Waals surface area contributed by atoms with E-state index in [4.69, 9.17) is 9.47 Å². The van der Waals surface area contributed by atoms with Crippen LogP contribution in [0.25, 0.3) is 0 Å². The number of ether oxygens (including phenoxy) is 2. The quantitative estimate of drug-likeness (QED) is 0.0726. The Kier molecular flexibility index (Phi) is 27.5. The molecule has 0 aromatic rings. The fourth-order valence-corrected chi connectivity index (χ4v) is 5.60. The molecule has 4 heteroatoms. The molecule has 0 rings (SSSR count). The van der Waals surface area contributed by atoms with E-state index < -0.39 is 5.60 Å². The molecule has 0 aliphatic carbocycles. The number of methoxy groups -OCH3 is 1. The highest BCUT2D eigenvalue weighted by Crippen LogP contribution is 2.21. The molecule has 0 aromatic heterocycles. The van der Waals surface area contributed by atoms with Gasteiger partial charge in [0, 0.05) is 20.2 Å². The summed E-state index contributed by atoms with van der Waals surface area (Å²) in [5.41, 5.74) is -0.831. The van der Waals surface area contributed by atoms with Crippen molar-refractivity contribution in [1.82, 2.24) is 4.90 Å². The molecule has 0 radical (unpaired) electrons. The van der Waals surface area contributed by atoms with Crippen LogP contribution in [0.3, 0.4) is 0 Å². The first-order valence-corrected chi connectivity index (χ1v) is 18.6. The van der Waals surface area contributed by atoms with E-state index in [-0.39, 0.29) is 11.5 Å². The van der Waals surface area contributed by atoms with Crippen molar-refractivity contribution in [3.05, 3.63) is 0 Å². The average Bonchev–Trinajstić information content (AvgIpc) is 2.96. The lowest BCUT2D eigenvalue weighted by atomic mass is 10.0. The predicted octanol–water partition coefficient (Wildman–Crippen LogP) is 11.8. The minimum Gasteiger partial charge on any atom is -0.376 e. The lowest BCUT2D eigenvalue weighted by molar-refractivity contribution is -0.144. The van der Waals surface area contributed by atoms with Crippen molar-refractivity contribution in [2.24, 2.45) is 0 Å². The molecule has 42 heavy (non-hydrogen) atoms. The Labute approximate surface area is 264 Å². The van der Waals surface area contributed by atoms with Crippen LogP contribution in [0, 0.1) is 0 Å². The van der Waals surface area contributed by atoms with Gasteiger partial charge in [-0.15, -0.1) is 0 Å². The number of carbonyl (C=O) groups is 1. The molecule has 0 heterocycles. The van der Waals surface area contributed by atoms with E-state index in [0.29, 0.717) is 13.0 Å².